The van der Waals surface area contributed by atoms with Gasteiger partial charge in [-0.1, -0.05) is 31.2 Å². The molecule has 1 aliphatic heterocycles. The van der Waals surface area contributed by atoms with Crippen LogP contribution in [0.5, 0.6) is 0 Å². The van der Waals surface area contributed by atoms with Gasteiger partial charge >= 0.3 is 0 Å². The van der Waals surface area contributed by atoms with Gasteiger partial charge < -0.3 is 5.32 Å². The van der Waals surface area contributed by atoms with Crippen LogP contribution in [0.3, 0.4) is 0 Å². The molecule has 14 heavy (non-hydrogen) atoms. The van der Waals surface area contributed by atoms with Gasteiger partial charge in [-0.2, -0.15) is 0 Å². The fraction of sp³-hybridized carbons (Fsp3) is 0.538. The Morgan fingerprint density at radius 3 is 2.50 bits per heavy atom. The lowest BCUT2D eigenvalue weighted by Gasteiger charge is -2.10. The predicted octanol–water partition coefficient (Wildman–Crippen LogP) is 2.54. The zero-order chi connectivity index (χ0) is 9.80. The van der Waals surface area contributed by atoms with Gasteiger partial charge in [-0.25, -0.2) is 0 Å². The zero-order valence-electron chi connectivity index (χ0n) is 8.92. The minimum Gasteiger partial charge on any atom is -0.314 e. The van der Waals surface area contributed by atoms with Crippen molar-refractivity contribution in [1.82, 2.24) is 5.32 Å². The van der Waals surface area contributed by atoms with Gasteiger partial charge in [0.25, 0.3) is 0 Å². The number of benzene rings is 1. The second kappa shape index (κ2) is 4.61. The highest BCUT2D eigenvalue weighted by Gasteiger charge is 2.13. The molecule has 0 radical (unpaired) electrons. The summed E-state index contributed by atoms with van der Waals surface area (Å²) in [4.78, 5) is 0. The normalized spacial score (nSPS) is 21.4. The number of hydrogen-bond acceptors (Lipinski definition) is 1. The van der Waals surface area contributed by atoms with Crippen molar-refractivity contribution < 1.29 is 0 Å². The Labute approximate surface area is 86.5 Å². The highest BCUT2D eigenvalue weighted by atomic mass is 14.9. The molecule has 1 aromatic rings. The molecule has 0 amide bonds. The molecular weight excluding hydrogens is 170 g/mol. The average molecular weight is 189 g/mol. The summed E-state index contributed by atoms with van der Waals surface area (Å²) in [6.07, 6.45) is 5.03. The number of hydrogen-bond donors (Lipinski definition) is 1. The molecule has 1 fully saturated rings. The van der Waals surface area contributed by atoms with Crippen LogP contribution in [0.1, 0.15) is 30.9 Å². The molecule has 1 nitrogen and oxygen atoms in total. The van der Waals surface area contributed by atoms with E-state index in [1.54, 1.807) is 0 Å². The van der Waals surface area contributed by atoms with Crippen molar-refractivity contribution >= 4 is 0 Å². The molecule has 1 aromatic carbocycles. The number of aryl methyl sites for hydroxylation is 1. The summed E-state index contributed by atoms with van der Waals surface area (Å²) >= 11 is 0. The highest BCUT2D eigenvalue weighted by Crippen LogP contribution is 2.13. The Bertz CT molecular complexity index is 270. The van der Waals surface area contributed by atoms with Crippen LogP contribution in [0.15, 0.2) is 24.3 Å². The van der Waals surface area contributed by atoms with Crippen molar-refractivity contribution in [2.24, 2.45) is 0 Å². The Balaban J connectivity index is 1.95. The summed E-state index contributed by atoms with van der Waals surface area (Å²) in [5.74, 6) is 0. The van der Waals surface area contributed by atoms with E-state index < -0.39 is 0 Å². The minimum atomic E-state index is 0.725. The topological polar surface area (TPSA) is 12.0 Å². The van der Waals surface area contributed by atoms with Gasteiger partial charge in [-0.15, -0.1) is 0 Å². The molecule has 1 saturated heterocycles. The van der Waals surface area contributed by atoms with Gasteiger partial charge in [0.15, 0.2) is 0 Å². The van der Waals surface area contributed by atoms with E-state index in [4.69, 9.17) is 0 Å². The van der Waals surface area contributed by atoms with Crippen LogP contribution >= 0.6 is 0 Å². The lowest BCUT2D eigenvalue weighted by molar-refractivity contribution is 0.603. The smallest absolute Gasteiger partial charge is 0.0108 e. The van der Waals surface area contributed by atoms with Crippen molar-refractivity contribution in [1.29, 1.82) is 0 Å². The van der Waals surface area contributed by atoms with Crippen LogP contribution in [-0.4, -0.2) is 12.6 Å². The Hall–Kier alpha value is -0.820. The molecule has 76 valence electrons. The van der Waals surface area contributed by atoms with E-state index in [-0.39, 0.29) is 0 Å². The summed E-state index contributed by atoms with van der Waals surface area (Å²) in [6.45, 7) is 3.41. The molecular formula is C13H19N. The lowest BCUT2D eigenvalue weighted by atomic mass is 10.0. The zero-order valence-corrected chi connectivity index (χ0v) is 8.92. The molecule has 1 atom stereocenters. The van der Waals surface area contributed by atoms with E-state index in [1.807, 2.05) is 0 Å². The molecule has 2 rings (SSSR count). The summed E-state index contributed by atoms with van der Waals surface area (Å²) < 4.78 is 0. The molecule has 1 heteroatoms. The quantitative estimate of drug-likeness (QED) is 0.770. The summed E-state index contributed by atoms with van der Waals surface area (Å²) in [5, 5.41) is 3.53. The van der Waals surface area contributed by atoms with E-state index in [0.717, 1.165) is 12.5 Å². The fourth-order valence-corrected chi connectivity index (χ4v) is 2.13. The van der Waals surface area contributed by atoms with Crippen molar-refractivity contribution in [3.63, 3.8) is 0 Å². The maximum atomic E-state index is 3.53. The minimum absolute atomic E-state index is 0.725. The van der Waals surface area contributed by atoms with Gasteiger partial charge in [0.1, 0.15) is 0 Å². The molecule has 1 aliphatic rings. The molecule has 1 heterocycles. The van der Waals surface area contributed by atoms with Crippen LogP contribution in [0.25, 0.3) is 0 Å². The predicted molar refractivity (Wildman–Crippen MR) is 60.5 cm³/mol. The second-order valence-corrected chi connectivity index (χ2v) is 4.17. The first kappa shape index (κ1) is 9.72. The Morgan fingerprint density at radius 1 is 1.21 bits per heavy atom. The van der Waals surface area contributed by atoms with Crippen molar-refractivity contribution in [3.8, 4) is 0 Å². The standard InChI is InChI=1S/C13H19N/c1-2-11-5-7-12(8-6-11)10-13-4-3-9-14-13/h5-8,13-14H,2-4,9-10H2,1H3/t13-/m1/s1. The average Bonchev–Trinajstić information content (AvgIpc) is 2.72. The lowest BCUT2D eigenvalue weighted by Crippen LogP contribution is -2.23. The van der Waals surface area contributed by atoms with Gasteiger partial charge in [-0.05, 0) is 43.4 Å². The van der Waals surface area contributed by atoms with Gasteiger partial charge in [0, 0.05) is 6.04 Å². The van der Waals surface area contributed by atoms with Crippen LogP contribution in [0.4, 0.5) is 0 Å². The molecule has 0 bridgehead atoms. The van der Waals surface area contributed by atoms with Crippen LogP contribution < -0.4 is 5.32 Å². The molecule has 1 N–H and O–H groups in total. The van der Waals surface area contributed by atoms with Crippen LogP contribution in [-0.2, 0) is 12.8 Å². The van der Waals surface area contributed by atoms with Crippen LogP contribution in [0, 0.1) is 0 Å². The van der Waals surface area contributed by atoms with Gasteiger partial charge in [0.05, 0.1) is 0 Å². The third-order valence-electron chi connectivity index (χ3n) is 3.08. The first-order valence-electron chi connectivity index (χ1n) is 5.69. The van der Waals surface area contributed by atoms with E-state index in [9.17, 15) is 0 Å². The monoisotopic (exact) mass is 189 g/mol. The Morgan fingerprint density at radius 2 is 1.93 bits per heavy atom. The highest BCUT2D eigenvalue weighted by molar-refractivity contribution is 5.23. The van der Waals surface area contributed by atoms with E-state index in [1.165, 1.54) is 36.9 Å². The largest absolute Gasteiger partial charge is 0.314 e. The van der Waals surface area contributed by atoms with Gasteiger partial charge in [0.2, 0.25) is 0 Å². The summed E-state index contributed by atoms with van der Waals surface area (Å²) in [5.41, 5.74) is 2.91. The third-order valence-corrected chi connectivity index (χ3v) is 3.08. The van der Waals surface area contributed by atoms with Crippen LogP contribution in [0.2, 0.25) is 0 Å². The third kappa shape index (κ3) is 2.36. The van der Waals surface area contributed by atoms with Gasteiger partial charge in [-0.3, -0.25) is 0 Å². The number of nitrogens with one attached hydrogen (secondary N) is 1. The maximum Gasteiger partial charge on any atom is 0.0108 e. The van der Waals surface area contributed by atoms with E-state index >= 15 is 0 Å². The molecule has 0 saturated carbocycles. The fourth-order valence-electron chi connectivity index (χ4n) is 2.13. The molecule has 0 aliphatic carbocycles. The maximum absolute atomic E-state index is 3.53. The first-order chi connectivity index (χ1) is 6.88. The van der Waals surface area contributed by atoms with E-state index in [0.29, 0.717) is 0 Å². The molecule has 0 unspecified atom stereocenters. The summed E-state index contributed by atoms with van der Waals surface area (Å²) in [7, 11) is 0. The van der Waals surface area contributed by atoms with Crippen molar-refractivity contribution in [3.05, 3.63) is 35.4 Å². The second-order valence-electron chi connectivity index (χ2n) is 4.17. The molecule has 0 spiro atoms. The SMILES string of the molecule is CCc1ccc(C[C@H]2CCCN2)cc1. The van der Waals surface area contributed by atoms with Crippen molar-refractivity contribution in [2.75, 3.05) is 6.54 Å². The first-order valence-corrected chi connectivity index (χ1v) is 5.69. The molecule has 0 aromatic heterocycles. The number of rotatable bonds is 3. The Kier molecular flexibility index (Phi) is 3.20. The van der Waals surface area contributed by atoms with E-state index in [2.05, 4.69) is 36.5 Å². The van der Waals surface area contributed by atoms with Crippen molar-refractivity contribution in [2.45, 2.75) is 38.6 Å². The summed E-state index contributed by atoms with van der Waals surface area (Å²) in [6, 6.07) is 9.79.